The van der Waals surface area contributed by atoms with Gasteiger partial charge in [-0.2, -0.15) is 0 Å². The summed E-state index contributed by atoms with van der Waals surface area (Å²) in [4.78, 5) is 4.18. The van der Waals surface area contributed by atoms with Gasteiger partial charge in [-0.25, -0.2) is 0 Å². The fourth-order valence-corrected chi connectivity index (χ4v) is 2.79. The Morgan fingerprint density at radius 2 is 2.38 bits per heavy atom. The molecule has 2 nitrogen and oxygen atoms in total. The number of nitrogens with zero attached hydrogens (tertiary/aromatic N) is 1. The number of pyridine rings is 1. The molecular formula is C14H22N2. The summed E-state index contributed by atoms with van der Waals surface area (Å²) in [6.07, 6.45) is 9.22. The topological polar surface area (TPSA) is 24.9 Å². The molecule has 88 valence electrons. The summed E-state index contributed by atoms with van der Waals surface area (Å²) in [5.41, 5.74) is 1.30. The number of rotatable bonds is 4. The standard InChI is InChI=1S/C14H22N2/c1-3-12-6-4-8-14(12)16-11(2)13-7-5-9-15-10-13/h5,7,9-12,14,16H,3-4,6,8H2,1-2H3/t11-,12?,14?/m0/s1. The van der Waals surface area contributed by atoms with Crippen molar-refractivity contribution in [1.82, 2.24) is 10.3 Å². The molecule has 1 saturated carbocycles. The predicted molar refractivity (Wildman–Crippen MR) is 67.2 cm³/mol. The van der Waals surface area contributed by atoms with Crippen LogP contribution in [0.15, 0.2) is 24.5 Å². The number of nitrogens with one attached hydrogen (secondary N) is 1. The Kier molecular flexibility index (Phi) is 3.94. The van der Waals surface area contributed by atoms with Gasteiger partial charge in [0.2, 0.25) is 0 Å². The van der Waals surface area contributed by atoms with E-state index in [2.05, 4.69) is 30.2 Å². The minimum absolute atomic E-state index is 0.422. The van der Waals surface area contributed by atoms with Gasteiger partial charge in [0.15, 0.2) is 0 Å². The van der Waals surface area contributed by atoms with Crippen molar-refractivity contribution in [2.75, 3.05) is 0 Å². The molecule has 1 aliphatic rings. The van der Waals surface area contributed by atoms with Crippen molar-refractivity contribution in [3.05, 3.63) is 30.1 Å². The Labute approximate surface area is 98.5 Å². The molecule has 1 aliphatic carbocycles. The Balaban J connectivity index is 1.94. The van der Waals surface area contributed by atoms with E-state index in [1.165, 1.54) is 31.2 Å². The molecule has 1 aromatic rings. The van der Waals surface area contributed by atoms with Gasteiger partial charge in [0.25, 0.3) is 0 Å². The molecule has 1 heterocycles. The average Bonchev–Trinajstić information content (AvgIpc) is 2.77. The lowest BCUT2D eigenvalue weighted by Gasteiger charge is -2.24. The first-order chi connectivity index (χ1) is 7.81. The lowest BCUT2D eigenvalue weighted by atomic mass is 9.99. The highest BCUT2D eigenvalue weighted by Crippen LogP contribution is 2.29. The Morgan fingerprint density at radius 3 is 3.06 bits per heavy atom. The van der Waals surface area contributed by atoms with Crippen molar-refractivity contribution in [2.24, 2.45) is 5.92 Å². The molecular weight excluding hydrogens is 196 g/mol. The monoisotopic (exact) mass is 218 g/mol. The highest BCUT2D eigenvalue weighted by atomic mass is 15.0. The smallest absolute Gasteiger partial charge is 0.0315 e. The van der Waals surface area contributed by atoms with E-state index in [0.717, 1.165) is 5.92 Å². The summed E-state index contributed by atoms with van der Waals surface area (Å²) in [7, 11) is 0. The maximum atomic E-state index is 4.18. The third kappa shape index (κ3) is 2.62. The SMILES string of the molecule is CCC1CCCC1N[C@@H](C)c1cccnc1. The van der Waals surface area contributed by atoms with Crippen molar-refractivity contribution in [2.45, 2.75) is 51.6 Å². The number of aromatic nitrogens is 1. The lowest BCUT2D eigenvalue weighted by Crippen LogP contribution is -2.34. The zero-order valence-electron chi connectivity index (χ0n) is 10.3. The molecule has 1 fully saturated rings. The fourth-order valence-electron chi connectivity index (χ4n) is 2.79. The first-order valence-electron chi connectivity index (χ1n) is 6.47. The molecule has 0 aliphatic heterocycles. The molecule has 2 heteroatoms. The van der Waals surface area contributed by atoms with Crippen LogP contribution in [0.2, 0.25) is 0 Å². The molecule has 0 bridgehead atoms. The summed E-state index contributed by atoms with van der Waals surface area (Å²) >= 11 is 0. The van der Waals surface area contributed by atoms with Gasteiger partial charge in [-0.15, -0.1) is 0 Å². The van der Waals surface area contributed by atoms with Crippen molar-refractivity contribution < 1.29 is 0 Å². The molecule has 16 heavy (non-hydrogen) atoms. The van der Waals surface area contributed by atoms with Crippen molar-refractivity contribution in [3.63, 3.8) is 0 Å². The van der Waals surface area contributed by atoms with Crippen LogP contribution in [0.1, 0.15) is 51.1 Å². The van der Waals surface area contributed by atoms with Gasteiger partial charge in [0.1, 0.15) is 0 Å². The van der Waals surface area contributed by atoms with Gasteiger partial charge in [0.05, 0.1) is 0 Å². The first-order valence-corrected chi connectivity index (χ1v) is 6.47. The summed E-state index contributed by atoms with van der Waals surface area (Å²) in [6, 6.07) is 5.30. The Bertz CT molecular complexity index is 310. The third-order valence-electron chi connectivity index (χ3n) is 3.83. The van der Waals surface area contributed by atoms with E-state index in [9.17, 15) is 0 Å². The quantitative estimate of drug-likeness (QED) is 0.838. The largest absolute Gasteiger partial charge is 0.307 e. The van der Waals surface area contributed by atoms with Gasteiger partial charge in [-0.3, -0.25) is 4.98 Å². The zero-order chi connectivity index (χ0) is 11.4. The van der Waals surface area contributed by atoms with Gasteiger partial charge in [-0.05, 0) is 37.3 Å². The summed E-state index contributed by atoms with van der Waals surface area (Å²) in [5.74, 6) is 0.874. The molecule has 0 amide bonds. The normalized spacial score (nSPS) is 26.9. The zero-order valence-corrected chi connectivity index (χ0v) is 10.3. The maximum absolute atomic E-state index is 4.18. The molecule has 0 spiro atoms. The van der Waals surface area contributed by atoms with Gasteiger partial charge < -0.3 is 5.32 Å². The van der Waals surface area contributed by atoms with Gasteiger partial charge >= 0.3 is 0 Å². The van der Waals surface area contributed by atoms with E-state index in [0.29, 0.717) is 12.1 Å². The summed E-state index contributed by atoms with van der Waals surface area (Å²) in [6.45, 7) is 4.54. The second kappa shape index (κ2) is 5.44. The van der Waals surface area contributed by atoms with E-state index in [1.54, 1.807) is 0 Å². The molecule has 3 atom stereocenters. The van der Waals surface area contributed by atoms with Crippen molar-refractivity contribution in [3.8, 4) is 0 Å². The number of hydrogen-bond donors (Lipinski definition) is 1. The van der Waals surface area contributed by atoms with E-state index >= 15 is 0 Å². The van der Waals surface area contributed by atoms with Crippen LogP contribution in [0.25, 0.3) is 0 Å². The minimum Gasteiger partial charge on any atom is -0.307 e. The Hall–Kier alpha value is -0.890. The lowest BCUT2D eigenvalue weighted by molar-refractivity contribution is 0.360. The van der Waals surface area contributed by atoms with Crippen LogP contribution in [0.5, 0.6) is 0 Å². The second-order valence-electron chi connectivity index (χ2n) is 4.88. The van der Waals surface area contributed by atoms with E-state index < -0.39 is 0 Å². The van der Waals surface area contributed by atoms with Crippen LogP contribution < -0.4 is 5.32 Å². The predicted octanol–water partition coefficient (Wildman–Crippen LogP) is 3.31. The number of hydrogen-bond acceptors (Lipinski definition) is 2. The second-order valence-corrected chi connectivity index (χ2v) is 4.88. The fraction of sp³-hybridized carbons (Fsp3) is 0.643. The molecule has 0 radical (unpaired) electrons. The van der Waals surface area contributed by atoms with Crippen LogP contribution in [-0.4, -0.2) is 11.0 Å². The molecule has 2 unspecified atom stereocenters. The minimum atomic E-state index is 0.422. The highest BCUT2D eigenvalue weighted by molar-refractivity contribution is 5.13. The van der Waals surface area contributed by atoms with Crippen molar-refractivity contribution >= 4 is 0 Å². The van der Waals surface area contributed by atoms with Crippen LogP contribution in [0.4, 0.5) is 0 Å². The van der Waals surface area contributed by atoms with E-state index in [-0.39, 0.29) is 0 Å². The Morgan fingerprint density at radius 1 is 1.50 bits per heavy atom. The molecule has 1 N–H and O–H groups in total. The van der Waals surface area contributed by atoms with Crippen LogP contribution in [-0.2, 0) is 0 Å². The summed E-state index contributed by atoms with van der Waals surface area (Å²) in [5, 5.41) is 3.76. The van der Waals surface area contributed by atoms with E-state index in [1.807, 2.05) is 18.5 Å². The van der Waals surface area contributed by atoms with Gasteiger partial charge in [0, 0.05) is 24.5 Å². The van der Waals surface area contributed by atoms with Crippen LogP contribution in [0.3, 0.4) is 0 Å². The first kappa shape index (κ1) is 11.6. The molecule has 0 saturated heterocycles. The third-order valence-corrected chi connectivity index (χ3v) is 3.83. The average molecular weight is 218 g/mol. The van der Waals surface area contributed by atoms with Crippen LogP contribution in [0, 0.1) is 5.92 Å². The highest BCUT2D eigenvalue weighted by Gasteiger charge is 2.26. The molecule has 0 aromatic carbocycles. The van der Waals surface area contributed by atoms with Crippen LogP contribution >= 0.6 is 0 Å². The van der Waals surface area contributed by atoms with Gasteiger partial charge in [-0.1, -0.05) is 25.8 Å². The maximum Gasteiger partial charge on any atom is 0.0315 e. The molecule has 1 aromatic heterocycles. The van der Waals surface area contributed by atoms with Crippen molar-refractivity contribution in [1.29, 1.82) is 0 Å². The molecule has 2 rings (SSSR count). The van der Waals surface area contributed by atoms with E-state index in [4.69, 9.17) is 0 Å². The summed E-state index contributed by atoms with van der Waals surface area (Å²) < 4.78 is 0.